The molecule has 1 aliphatic rings. The number of allylic oxidation sites excluding steroid dienone is 3. The molecule has 0 saturated carbocycles. The first-order valence-electron chi connectivity index (χ1n) is 5.99. The molecular weight excluding hydrogens is 240 g/mol. The summed E-state index contributed by atoms with van der Waals surface area (Å²) in [4.78, 5) is 0. The van der Waals surface area contributed by atoms with Crippen LogP contribution in [0.4, 0.5) is 0 Å². The molecule has 2 rings (SSSR count). The molecule has 0 radical (unpaired) electrons. The molecule has 2 N–H and O–H groups in total. The van der Waals surface area contributed by atoms with E-state index in [1.807, 2.05) is 31.2 Å². The van der Waals surface area contributed by atoms with Gasteiger partial charge in [-0.25, -0.2) is 0 Å². The van der Waals surface area contributed by atoms with Gasteiger partial charge in [-0.1, -0.05) is 24.8 Å². The second-order valence-corrected chi connectivity index (χ2v) is 4.25. The van der Waals surface area contributed by atoms with E-state index < -0.39 is 0 Å². The molecule has 0 fully saturated rings. The van der Waals surface area contributed by atoms with Gasteiger partial charge in [-0.2, -0.15) is 0 Å². The van der Waals surface area contributed by atoms with Crippen molar-refractivity contribution < 1.29 is 14.9 Å². The van der Waals surface area contributed by atoms with E-state index in [4.69, 9.17) is 4.74 Å². The van der Waals surface area contributed by atoms with E-state index in [1.165, 1.54) is 6.08 Å². The van der Waals surface area contributed by atoms with E-state index in [9.17, 15) is 10.2 Å². The van der Waals surface area contributed by atoms with Crippen LogP contribution in [0.1, 0.15) is 12.5 Å². The van der Waals surface area contributed by atoms with E-state index in [0.717, 1.165) is 16.7 Å². The van der Waals surface area contributed by atoms with Crippen molar-refractivity contribution in [2.75, 3.05) is 6.61 Å². The lowest BCUT2D eigenvalue weighted by atomic mass is 10.00. The maximum absolute atomic E-state index is 9.29. The average Bonchev–Trinajstić information content (AvgIpc) is 2.39. The first kappa shape index (κ1) is 13.0. The molecule has 1 heterocycles. The van der Waals surface area contributed by atoms with Crippen molar-refractivity contribution in [3.8, 4) is 5.75 Å². The number of aliphatic hydroxyl groups excluding tert-OH is 1. The van der Waals surface area contributed by atoms with Crippen molar-refractivity contribution in [3.05, 3.63) is 71.7 Å². The normalized spacial score (nSPS) is 19.1. The SMILES string of the molecule is C=C(O)/C=C1/OCC(c2ccc(O)cc2)=C/C1=C/C. The quantitative estimate of drug-likeness (QED) is 0.793. The van der Waals surface area contributed by atoms with E-state index in [1.54, 1.807) is 12.1 Å². The lowest BCUT2D eigenvalue weighted by Crippen LogP contribution is -2.07. The van der Waals surface area contributed by atoms with Gasteiger partial charge in [-0.15, -0.1) is 0 Å². The summed E-state index contributed by atoms with van der Waals surface area (Å²) in [6, 6.07) is 6.98. The number of benzene rings is 1. The minimum atomic E-state index is -0.0316. The van der Waals surface area contributed by atoms with Crippen molar-refractivity contribution in [2.24, 2.45) is 0 Å². The summed E-state index contributed by atoms with van der Waals surface area (Å²) < 4.78 is 5.63. The molecule has 0 bridgehead atoms. The van der Waals surface area contributed by atoms with E-state index in [-0.39, 0.29) is 11.5 Å². The van der Waals surface area contributed by atoms with Gasteiger partial charge >= 0.3 is 0 Å². The zero-order chi connectivity index (χ0) is 13.8. The molecule has 19 heavy (non-hydrogen) atoms. The monoisotopic (exact) mass is 256 g/mol. The lowest BCUT2D eigenvalue weighted by molar-refractivity contribution is 0.256. The highest BCUT2D eigenvalue weighted by molar-refractivity contribution is 5.72. The molecule has 98 valence electrons. The van der Waals surface area contributed by atoms with Crippen LogP contribution in [-0.4, -0.2) is 16.8 Å². The second kappa shape index (κ2) is 5.48. The van der Waals surface area contributed by atoms with E-state index in [2.05, 4.69) is 6.58 Å². The standard InChI is InChI=1S/C16H16O3/c1-3-12-9-14(10-19-16(12)8-11(2)17)13-4-6-15(18)7-5-13/h3-9,17-18H,2,10H2,1H3/b12-3-,16-8+. The fraction of sp³-hybridized carbons (Fsp3) is 0.125. The van der Waals surface area contributed by atoms with Gasteiger partial charge in [0.2, 0.25) is 0 Å². The van der Waals surface area contributed by atoms with Gasteiger partial charge in [0.1, 0.15) is 23.9 Å². The van der Waals surface area contributed by atoms with Gasteiger partial charge in [0.25, 0.3) is 0 Å². The van der Waals surface area contributed by atoms with E-state index in [0.29, 0.717) is 12.4 Å². The molecule has 1 aromatic rings. The van der Waals surface area contributed by atoms with Crippen LogP contribution in [-0.2, 0) is 4.74 Å². The number of ether oxygens (including phenoxy) is 1. The lowest BCUT2D eigenvalue weighted by Gasteiger charge is -2.20. The molecule has 0 aliphatic carbocycles. The summed E-state index contributed by atoms with van der Waals surface area (Å²) in [7, 11) is 0. The van der Waals surface area contributed by atoms with Gasteiger partial charge < -0.3 is 14.9 Å². The minimum Gasteiger partial charge on any atom is -0.508 e. The third-order valence-electron chi connectivity index (χ3n) is 2.84. The number of phenols is 1. The molecular formula is C16H16O3. The Balaban J connectivity index is 2.33. The van der Waals surface area contributed by atoms with Crippen LogP contribution in [0.2, 0.25) is 0 Å². The Labute approximate surface area is 112 Å². The molecule has 3 nitrogen and oxygen atoms in total. The van der Waals surface area contributed by atoms with Gasteiger partial charge in [-0.05, 0) is 36.3 Å². The molecule has 1 aliphatic heterocycles. The molecule has 0 saturated heterocycles. The topological polar surface area (TPSA) is 49.7 Å². The highest BCUT2D eigenvalue weighted by atomic mass is 16.5. The van der Waals surface area contributed by atoms with Gasteiger partial charge in [-0.3, -0.25) is 0 Å². The zero-order valence-electron chi connectivity index (χ0n) is 10.8. The fourth-order valence-electron chi connectivity index (χ4n) is 1.88. The van der Waals surface area contributed by atoms with Crippen molar-refractivity contribution in [1.29, 1.82) is 0 Å². The average molecular weight is 256 g/mol. The fourth-order valence-corrected chi connectivity index (χ4v) is 1.88. The maximum Gasteiger partial charge on any atom is 0.130 e. The largest absolute Gasteiger partial charge is 0.508 e. The summed E-state index contributed by atoms with van der Waals surface area (Å²) in [5.74, 6) is 0.817. The number of phenolic OH excluding ortho intramolecular Hbond substituents is 1. The van der Waals surface area contributed by atoms with Crippen LogP contribution in [0.15, 0.2) is 66.2 Å². The second-order valence-electron chi connectivity index (χ2n) is 4.25. The zero-order valence-corrected chi connectivity index (χ0v) is 10.8. The number of aliphatic hydroxyl groups is 1. The van der Waals surface area contributed by atoms with Crippen molar-refractivity contribution >= 4 is 5.57 Å². The molecule has 1 aromatic carbocycles. The van der Waals surface area contributed by atoms with Gasteiger partial charge in [0, 0.05) is 11.6 Å². The number of rotatable bonds is 2. The van der Waals surface area contributed by atoms with Crippen molar-refractivity contribution in [2.45, 2.75) is 6.92 Å². The Hall–Kier alpha value is -2.42. The molecule has 0 atom stereocenters. The third kappa shape index (κ3) is 3.07. The van der Waals surface area contributed by atoms with Gasteiger partial charge in [0.15, 0.2) is 0 Å². The Morgan fingerprint density at radius 1 is 1.32 bits per heavy atom. The Morgan fingerprint density at radius 3 is 2.58 bits per heavy atom. The number of hydrogen-bond acceptors (Lipinski definition) is 3. The summed E-state index contributed by atoms with van der Waals surface area (Å²) in [5, 5.41) is 18.5. The van der Waals surface area contributed by atoms with Crippen LogP contribution >= 0.6 is 0 Å². The molecule has 0 spiro atoms. The first-order valence-corrected chi connectivity index (χ1v) is 5.99. The van der Waals surface area contributed by atoms with Crippen LogP contribution in [0.25, 0.3) is 5.57 Å². The Bertz CT molecular complexity index is 575. The number of hydrogen-bond donors (Lipinski definition) is 2. The first-order chi connectivity index (χ1) is 9.10. The Kier molecular flexibility index (Phi) is 3.76. The molecule has 3 heteroatoms. The van der Waals surface area contributed by atoms with Gasteiger partial charge in [0.05, 0.1) is 0 Å². The predicted octanol–water partition coefficient (Wildman–Crippen LogP) is 3.71. The molecule has 0 unspecified atom stereocenters. The highest BCUT2D eigenvalue weighted by Gasteiger charge is 2.14. The Morgan fingerprint density at radius 2 is 2.00 bits per heavy atom. The number of aromatic hydroxyl groups is 1. The van der Waals surface area contributed by atoms with Crippen LogP contribution in [0.5, 0.6) is 5.75 Å². The molecule has 0 aromatic heterocycles. The summed E-state index contributed by atoms with van der Waals surface area (Å²) in [5.41, 5.74) is 2.91. The van der Waals surface area contributed by atoms with Crippen LogP contribution in [0.3, 0.4) is 0 Å². The maximum atomic E-state index is 9.29. The summed E-state index contributed by atoms with van der Waals surface area (Å²) in [6.07, 6.45) is 5.42. The summed E-state index contributed by atoms with van der Waals surface area (Å²) >= 11 is 0. The smallest absolute Gasteiger partial charge is 0.130 e. The summed E-state index contributed by atoms with van der Waals surface area (Å²) in [6.45, 7) is 5.75. The van der Waals surface area contributed by atoms with Crippen LogP contribution < -0.4 is 0 Å². The molecule has 0 amide bonds. The third-order valence-corrected chi connectivity index (χ3v) is 2.84. The van der Waals surface area contributed by atoms with Crippen LogP contribution in [0, 0.1) is 0 Å². The van der Waals surface area contributed by atoms with Crippen molar-refractivity contribution in [3.63, 3.8) is 0 Å². The predicted molar refractivity (Wildman–Crippen MR) is 75.6 cm³/mol. The minimum absolute atomic E-state index is 0.0316. The van der Waals surface area contributed by atoms with E-state index >= 15 is 0 Å². The van der Waals surface area contributed by atoms with Crippen molar-refractivity contribution in [1.82, 2.24) is 0 Å². The highest BCUT2D eigenvalue weighted by Crippen LogP contribution is 2.28.